The summed E-state index contributed by atoms with van der Waals surface area (Å²) in [6.07, 6.45) is 0. The topological polar surface area (TPSA) is 46.3 Å². The Morgan fingerprint density at radius 3 is 2.60 bits per heavy atom. The quantitative estimate of drug-likeness (QED) is 0.442. The van der Waals surface area contributed by atoms with E-state index in [1.807, 2.05) is 48.5 Å². The number of aliphatic hydroxyl groups excluding tert-OH is 1. The highest BCUT2D eigenvalue weighted by Gasteiger charge is 2.20. The number of rotatable bonds is 3. The first-order chi connectivity index (χ1) is 12.2. The van der Waals surface area contributed by atoms with E-state index >= 15 is 0 Å². The molecule has 25 heavy (non-hydrogen) atoms. The molecule has 0 aliphatic carbocycles. The minimum absolute atomic E-state index is 0.191. The van der Waals surface area contributed by atoms with E-state index in [4.69, 9.17) is 16.1 Å². The standard InChI is InChI=1S/C20H13BrClNO2/c21-15-7-8-18(22)16(10-15)20-17(11-24)19(23-25-20)14-6-5-12-3-1-2-4-13(12)9-14/h1-10,24H,11H2. The Bertz CT molecular complexity index is 1070. The van der Waals surface area contributed by atoms with Gasteiger partial charge in [0.15, 0.2) is 5.76 Å². The lowest BCUT2D eigenvalue weighted by Crippen LogP contribution is -1.90. The van der Waals surface area contributed by atoms with E-state index in [-0.39, 0.29) is 6.61 Å². The third kappa shape index (κ3) is 2.97. The third-order valence-electron chi connectivity index (χ3n) is 4.14. The first kappa shape index (κ1) is 16.3. The van der Waals surface area contributed by atoms with E-state index in [1.54, 1.807) is 6.07 Å². The summed E-state index contributed by atoms with van der Waals surface area (Å²) in [7, 11) is 0. The molecule has 0 unspecified atom stereocenters. The zero-order valence-electron chi connectivity index (χ0n) is 13.0. The Hall–Kier alpha value is -2.14. The molecular formula is C20H13BrClNO2. The fourth-order valence-electron chi connectivity index (χ4n) is 2.90. The Morgan fingerprint density at radius 2 is 1.80 bits per heavy atom. The molecule has 0 radical (unpaired) electrons. The monoisotopic (exact) mass is 413 g/mol. The second kappa shape index (κ2) is 6.64. The summed E-state index contributed by atoms with van der Waals surface area (Å²) in [6, 6.07) is 19.6. The fourth-order valence-corrected chi connectivity index (χ4v) is 3.47. The van der Waals surface area contributed by atoms with Crippen molar-refractivity contribution in [2.75, 3.05) is 0 Å². The number of hydrogen-bond donors (Lipinski definition) is 1. The van der Waals surface area contributed by atoms with Gasteiger partial charge in [0, 0.05) is 15.6 Å². The Morgan fingerprint density at radius 1 is 1.00 bits per heavy atom. The zero-order chi connectivity index (χ0) is 17.4. The number of aliphatic hydroxyl groups is 1. The van der Waals surface area contributed by atoms with Crippen LogP contribution in [0.15, 0.2) is 69.7 Å². The van der Waals surface area contributed by atoms with Crippen molar-refractivity contribution in [2.24, 2.45) is 0 Å². The predicted molar refractivity (Wildman–Crippen MR) is 104 cm³/mol. The molecular weight excluding hydrogens is 402 g/mol. The first-order valence-corrected chi connectivity index (χ1v) is 8.88. The van der Waals surface area contributed by atoms with Crippen LogP contribution in [0.4, 0.5) is 0 Å². The van der Waals surface area contributed by atoms with Crippen LogP contribution in [0.2, 0.25) is 5.02 Å². The van der Waals surface area contributed by atoms with Crippen molar-refractivity contribution in [1.82, 2.24) is 5.16 Å². The maximum atomic E-state index is 9.93. The lowest BCUT2D eigenvalue weighted by atomic mass is 10.0. The predicted octanol–water partition coefficient (Wildman–Crippen LogP) is 6.07. The SMILES string of the molecule is OCc1c(-c2ccc3ccccc3c2)noc1-c1cc(Br)ccc1Cl. The average Bonchev–Trinajstić information content (AvgIpc) is 3.07. The van der Waals surface area contributed by atoms with E-state index in [2.05, 4.69) is 27.2 Å². The molecule has 124 valence electrons. The molecule has 5 heteroatoms. The maximum Gasteiger partial charge on any atom is 0.174 e. The summed E-state index contributed by atoms with van der Waals surface area (Å²) in [4.78, 5) is 0. The number of benzene rings is 3. The van der Waals surface area contributed by atoms with Crippen LogP contribution in [-0.2, 0) is 6.61 Å². The van der Waals surface area contributed by atoms with Gasteiger partial charge in [-0.25, -0.2) is 0 Å². The zero-order valence-corrected chi connectivity index (χ0v) is 15.4. The van der Waals surface area contributed by atoms with Crippen LogP contribution in [0, 0.1) is 0 Å². The van der Waals surface area contributed by atoms with Gasteiger partial charge in [-0.15, -0.1) is 0 Å². The van der Waals surface area contributed by atoms with E-state index < -0.39 is 0 Å². The molecule has 1 heterocycles. The van der Waals surface area contributed by atoms with Crippen LogP contribution in [0.3, 0.4) is 0 Å². The molecule has 0 atom stereocenters. The molecule has 3 aromatic carbocycles. The minimum atomic E-state index is -0.191. The molecule has 3 nitrogen and oxygen atoms in total. The largest absolute Gasteiger partial charge is 0.391 e. The summed E-state index contributed by atoms with van der Waals surface area (Å²) in [6.45, 7) is -0.191. The van der Waals surface area contributed by atoms with Crippen LogP contribution in [0.1, 0.15) is 5.56 Å². The van der Waals surface area contributed by atoms with Crippen LogP contribution in [0.25, 0.3) is 33.4 Å². The van der Waals surface area contributed by atoms with Crippen molar-refractivity contribution in [3.05, 3.63) is 75.7 Å². The highest BCUT2D eigenvalue weighted by molar-refractivity contribution is 9.10. The van der Waals surface area contributed by atoms with Crippen molar-refractivity contribution < 1.29 is 9.63 Å². The number of halogens is 2. The fraction of sp³-hybridized carbons (Fsp3) is 0.0500. The molecule has 0 fully saturated rings. The average molecular weight is 415 g/mol. The van der Waals surface area contributed by atoms with E-state index in [0.29, 0.717) is 27.6 Å². The van der Waals surface area contributed by atoms with Gasteiger partial charge in [0.25, 0.3) is 0 Å². The maximum absolute atomic E-state index is 9.93. The molecule has 0 aliphatic rings. The lowest BCUT2D eigenvalue weighted by Gasteiger charge is -2.05. The van der Waals surface area contributed by atoms with Crippen LogP contribution < -0.4 is 0 Å². The van der Waals surface area contributed by atoms with Gasteiger partial charge < -0.3 is 9.63 Å². The third-order valence-corrected chi connectivity index (χ3v) is 4.97. The lowest BCUT2D eigenvalue weighted by molar-refractivity contribution is 0.281. The molecule has 4 aromatic rings. The minimum Gasteiger partial charge on any atom is -0.391 e. The molecule has 0 bridgehead atoms. The van der Waals surface area contributed by atoms with Crippen molar-refractivity contribution in [1.29, 1.82) is 0 Å². The van der Waals surface area contributed by atoms with Gasteiger partial charge in [0.05, 0.1) is 17.2 Å². The summed E-state index contributed by atoms with van der Waals surface area (Å²) < 4.78 is 6.43. The van der Waals surface area contributed by atoms with Crippen molar-refractivity contribution in [3.63, 3.8) is 0 Å². The normalized spacial score (nSPS) is 11.2. The summed E-state index contributed by atoms with van der Waals surface area (Å²) in [5.74, 6) is 0.483. The van der Waals surface area contributed by atoms with Gasteiger partial charge in [-0.1, -0.05) is 69.1 Å². The number of hydrogen-bond acceptors (Lipinski definition) is 3. The van der Waals surface area contributed by atoms with Gasteiger partial charge in [0.1, 0.15) is 5.69 Å². The Balaban J connectivity index is 1.88. The highest BCUT2D eigenvalue weighted by atomic mass is 79.9. The highest BCUT2D eigenvalue weighted by Crippen LogP contribution is 2.37. The van der Waals surface area contributed by atoms with Gasteiger partial charge in [-0.05, 0) is 35.0 Å². The number of aromatic nitrogens is 1. The van der Waals surface area contributed by atoms with Crippen LogP contribution in [-0.4, -0.2) is 10.3 Å². The Kier molecular flexibility index (Phi) is 4.34. The molecule has 1 aromatic heterocycles. The van der Waals surface area contributed by atoms with Crippen molar-refractivity contribution in [3.8, 4) is 22.6 Å². The van der Waals surface area contributed by atoms with Gasteiger partial charge in [-0.2, -0.15) is 0 Å². The first-order valence-electron chi connectivity index (χ1n) is 7.71. The molecule has 0 spiro atoms. The molecule has 0 aliphatic heterocycles. The number of fused-ring (bicyclic) bond motifs is 1. The van der Waals surface area contributed by atoms with Crippen LogP contribution in [0.5, 0.6) is 0 Å². The van der Waals surface area contributed by atoms with Crippen molar-refractivity contribution >= 4 is 38.3 Å². The van der Waals surface area contributed by atoms with Gasteiger partial charge >= 0.3 is 0 Å². The van der Waals surface area contributed by atoms with E-state index in [1.165, 1.54) is 0 Å². The Labute approximate surface area is 158 Å². The van der Waals surface area contributed by atoms with E-state index in [0.717, 1.165) is 20.8 Å². The second-order valence-corrected chi connectivity index (χ2v) is 7.01. The molecule has 1 N–H and O–H groups in total. The van der Waals surface area contributed by atoms with E-state index in [9.17, 15) is 5.11 Å². The molecule has 0 amide bonds. The molecule has 4 rings (SSSR count). The summed E-state index contributed by atoms with van der Waals surface area (Å²) in [5, 5.41) is 16.9. The second-order valence-electron chi connectivity index (χ2n) is 5.68. The smallest absolute Gasteiger partial charge is 0.174 e. The van der Waals surface area contributed by atoms with Gasteiger partial charge in [0.2, 0.25) is 0 Å². The molecule has 0 saturated carbocycles. The van der Waals surface area contributed by atoms with Crippen molar-refractivity contribution in [2.45, 2.75) is 6.61 Å². The summed E-state index contributed by atoms with van der Waals surface area (Å²) in [5.41, 5.74) is 2.83. The molecule has 0 saturated heterocycles. The summed E-state index contributed by atoms with van der Waals surface area (Å²) >= 11 is 9.74. The van der Waals surface area contributed by atoms with Crippen LogP contribution >= 0.6 is 27.5 Å². The van der Waals surface area contributed by atoms with Gasteiger partial charge in [-0.3, -0.25) is 0 Å². The number of nitrogens with zero attached hydrogens (tertiary/aromatic N) is 1.